The van der Waals surface area contributed by atoms with Gasteiger partial charge in [0.05, 0.1) is 19.7 Å². The molecule has 0 heterocycles. The monoisotopic (exact) mass is 377 g/mol. The van der Waals surface area contributed by atoms with Crippen LogP contribution in [-0.2, 0) is 14.3 Å². The molecule has 0 radical (unpaired) electrons. The van der Waals surface area contributed by atoms with Gasteiger partial charge in [-0.05, 0) is 25.8 Å². The molecule has 150 valence electrons. The first-order chi connectivity index (χ1) is 12.9. The summed E-state index contributed by atoms with van der Waals surface area (Å²) in [7, 11) is 3.05. The number of carbonyl (C=O) groups excluding carboxylic acids is 3. The number of esters is 1. The quantitative estimate of drug-likeness (QED) is 0.373. The Labute approximate surface area is 161 Å². The van der Waals surface area contributed by atoms with E-state index in [1.807, 2.05) is 6.07 Å². The van der Waals surface area contributed by atoms with Crippen molar-refractivity contribution in [2.24, 2.45) is 5.92 Å². The average molecular weight is 377 g/mol. The molecule has 2 atom stereocenters. The minimum absolute atomic E-state index is 0.0181. The number of ether oxygens (including phenoxy) is 1. The standard InChI is InChI=1S/C20H31N3O4/c1-14(2)12-17(21-3)19(25)22-11-10-16(20(26)27-4)23-13-18(24)15-8-6-5-7-9-15/h5-9,14,16-17,21,23H,10-13H2,1-4H3,(H,22,25). The molecule has 7 nitrogen and oxygen atoms in total. The molecular formula is C20H31N3O4. The fourth-order valence-electron chi connectivity index (χ4n) is 2.68. The van der Waals surface area contributed by atoms with Crippen LogP contribution in [-0.4, -0.2) is 57.0 Å². The van der Waals surface area contributed by atoms with Crippen LogP contribution in [0, 0.1) is 5.92 Å². The minimum Gasteiger partial charge on any atom is -0.468 e. The van der Waals surface area contributed by atoms with Gasteiger partial charge in [0.15, 0.2) is 5.78 Å². The highest BCUT2D eigenvalue weighted by molar-refractivity contribution is 5.97. The summed E-state index contributed by atoms with van der Waals surface area (Å²) in [5.41, 5.74) is 0.576. The number of likely N-dealkylation sites (N-methyl/N-ethyl adjacent to an activating group) is 1. The first-order valence-electron chi connectivity index (χ1n) is 9.23. The second kappa shape index (κ2) is 12.2. The molecule has 1 rings (SSSR count). The Morgan fingerprint density at radius 1 is 1.07 bits per heavy atom. The summed E-state index contributed by atoms with van der Waals surface area (Å²) in [5.74, 6) is -0.282. The zero-order valence-electron chi connectivity index (χ0n) is 16.6. The molecule has 27 heavy (non-hydrogen) atoms. The highest BCUT2D eigenvalue weighted by Gasteiger charge is 2.22. The van der Waals surface area contributed by atoms with Crippen LogP contribution in [0.5, 0.6) is 0 Å². The van der Waals surface area contributed by atoms with Gasteiger partial charge in [-0.3, -0.25) is 19.7 Å². The van der Waals surface area contributed by atoms with Gasteiger partial charge in [-0.25, -0.2) is 0 Å². The summed E-state index contributed by atoms with van der Waals surface area (Å²) >= 11 is 0. The van der Waals surface area contributed by atoms with Crippen LogP contribution in [0.15, 0.2) is 30.3 Å². The lowest BCUT2D eigenvalue weighted by Crippen LogP contribution is -2.46. The fraction of sp³-hybridized carbons (Fsp3) is 0.550. The molecule has 0 aliphatic heterocycles. The lowest BCUT2D eigenvalue weighted by Gasteiger charge is -2.20. The number of methoxy groups -OCH3 is 1. The Balaban J connectivity index is 2.51. The van der Waals surface area contributed by atoms with Crippen molar-refractivity contribution in [2.75, 3.05) is 27.2 Å². The van der Waals surface area contributed by atoms with Gasteiger partial charge in [0.2, 0.25) is 5.91 Å². The number of nitrogens with one attached hydrogen (secondary N) is 3. The number of rotatable bonds is 12. The van der Waals surface area contributed by atoms with Gasteiger partial charge in [-0.1, -0.05) is 44.2 Å². The molecule has 2 unspecified atom stereocenters. The number of carbonyl (C=O) groups is 3. The van der Waals surface area contributed by atoms with Gasteiger partial charge < -0.3 is 15.4 Å². The van der Waals surface area contributed by atoms with E-state index < -0.39 is 12.0 Å². The number of benzene rings is 1. The predicted molar refractivity (Wildman–Crippen MR) is 105 cm³/mol. The van der Waals surface area contributed by atoms with Crippen molar-refractivity contribution in [3.63, 3.8) is 0 Å². The lowest BCUT2D eigenvalue weighted by molar-refractivity contribution is -0.143. The minimum atomic E-state index is -0.666. The number of ketones is 1. The van der Waals surface area contributed by atoms with Crippen molar-refractivity contribution < 1.29 is 19.1 Å². The highest BCUT2D eigenvalue weighted by Crippen LogP contribution is 2.05. The molecular weight excluding hydrogens is 346 g/mol. The van der Waals surface area contributed by atoms with Crippen LogP contribution >= 0.6 is 0 Å². The molecule has 0 aromatic heterocycles. The van der Waals surface area contributed by atoms with E-state index in [9.17, 15) is 14.4 Å². The van der Waals surface area contributed by atoms with Crippen LogP contribution in [0.25, 0.3) is 0 Å². The van der Waals surface area contributed by atoms with Gasteiger partial charge >= 0.3 is 5.97 Å². The summed E-state index contributed by atoms with van der Waals surface area (Å²) < 4.78 is 4.79. The third kappa shape index (κ3) is 8.32. The number of Topliss-reactive ketones (excluding diaryl/α,β-unsaturated/α-hetero) is 1. The molecule has 0 saturated carbocycles. The van der Waals surface area contributed by atoms with Crippen LogP contribution in [0.2, 0.25) is 0 Å². The van der Waals surface area contributed by atoms with Crippen molar-refractivity contribution >= 4 is 17.7 Å². The van der Waals surface area contributed by atoms with E-state index in [-0.39, 0.29) is 24.3 Å². The van der Waals surface area contributed by atoms with E-state index in [0.29, 0.717) is 24.4 Å². The fourth-order valence-corrected chi connectivity index (χ4v) is 2.68. The van der Waals surface area contributed by atoms with E-state index in [4.69, 9.17) is 4.74 Å². The maximum absolute atomic E-state index is 12.2. The molecule has 0 aliphatic rings. The largest absolute Gasteiger partial charge is 0.468 e. The third-order valence-electron chi connectivity index (χ3n) is 4.19. The van der Waals surface area contributed by atoms with Gasteiger partial charge in [-0.15, -0.1) is 0 Å². The van der Waals surface area contributed by atoms with Gasteiger partial charge in [0.25, 0.3) is 0 Å². The summed E-state index contributed by atoms with van der Waals surface area (Å²) in [6.07, 6.45) is 1.06. The SMILES string of the molecule is CNC(CC(C)C)C(=O)NCCC(NCC(=O)c1ccccc1)C(=O)OC. The van der Waals surface area contributed by atoms with Crippen LogP contribution in [0.4, 0.5) is 0 Å². The Morgan fingerprint density at radius 3 is 2.30 bits per heavy atom. The topological polar surface area (TPSA) is 96.5 Å². The molecule has 1 amide bonds. The van der Waals surface area contributed by atoms with Crippen LogP contribution in [0.1, 0.15) is 37.0 Å². The van der Waals surface area contributed by atoms with Gasteiger partial charge in [0, 0.05) is 12.1 Å². The Hall–Kier alpha value is -2.25. The average Bonchev–Trinajstić information content (AvgIpc) is 2.68. The molecule has 1 aromatic carbocycles. The Bertz CT molecular complexity index is 605. The van der Waals surface area contributed by atoms with Crippen molar-refractivity contribution in [1.29, 1.82) is 0 Å². The predicted octanol–water partition coefficient (Wildman–Crippen LogP) is 1.14. The third-order valence-corrected chi connectivity index (χ3v) is 4.19. The van der Waals surface area contributed by atoms with Crippen molar-refractivity contribution in [1.82, 2.24) is 16.0 Å². The Morgan fingerprint density at radius 2 is 1.74 bits per heavy atom. The highest BCUT2D eigenvalue weighted by atomic mass is 16.5. The maximum atomic E-state index is 12.2. The molecule has 0 spiro atoms. The van der Waals surface area contributed by atoms with E-state index in [1.54, 1.807) is 31.3 Å². The van der Waals surface area contributed by atoms with Gasteiger partial charge in [0.1, 0.15) is 6.04 Å². The smallest absolute Gasteiger partial charge is 0.322 e. The molecule has 1 aromatic rings. The number of hydrogen-bond donors (Lipinski definition) is 3. The lowest BCUT2D eigenvalue weighted by atomic mass is 10.0. The molecule has 0 fully saturated rings. The molecule has 0 saturated heterocycles. The van der Waals surface area contributed by atoms with Crippen molar-refractivity contribution in [3.8, 4) is 0 Å². The molecule has 0 bridgehead atoms. The zero-order chi connectivity index (χ0) is 20.2. The second-order valence-corrected chi connectivity index (χ2v) is 6.80. The molecule has 0 aliphatic carbocycles. The summed E-state index contributed by atoms with van der Waals surface area (Å²) in [5, 5.41) is 8.76. The van der Waals surface area contributed by atoms with Crippen LogP contribution in [0.3, 0.4) is 0 Å². The molecule has 3 N–H and O–H groups in total. The first kappa shape index (κ1) is 22.8. The normalized spacial score (nSPS) is 13.1. The van der Waals surface area contributed by atoms with Crippen LogP contribution < -0.4 is 16.0 Å². The number of hydrogen-bond acceptors (Lipinski definition) is 6. The van der Waals surface area contributed by atoms with Crippen molar-refractivity contribution in [2.45, 2.75) is 38.8 Å². The van der Waals surface area contributed by atoms with E-state index in [1.165, 1.54) is 7.11 Å². The van der Waals surface area contributed by atoms with Crippen molar-refractivity contribution in [3.05, 3.63) is 35.9 Å². The molecule has 7 heteroatoms. The van der Waals surface area contributed by atoms with E-state index >= 15 is 0 Å². The summed E-state index contributed by atoms with van der Waals surface area (Å²) in [6.45, 7) is 4.43. The maximum Gasteiger partial charge on any atom is 0.322 e. The van der Waals surface area contributed by atoms with E-state index in [0.717, 1.165) is 6.42 Å². The summed E-state index contributed by atoms with van der Waals surface area (Å²) in [4.78, 5) is 36.3. The number of amides is 1. The van der Waals surface area contributed by atoms with E-state index in [2.05, 4.69) is 29.8 Å². The first-order valence-corrected chi connectivity index (χ1v) is 9.23. The second-order valence-electron chi connectivity index (χ2n) is 6.80. The zero-order valence-corrected chi connectivity index (χ0v) is 16.6. The van der Waals surface area contributed by atoms with Gasteiger partial charge in [-0.2, -0.15) is 0 Å². The summed E-state index contributed by atoms with van der Waals surface area (Å²) in [6, 6.07) is 7.93. The Kier molecular flexibility index (Phi) is 10.3.